The minimum absolute atomic E-state index is 0.131. The zero-order chi connectivity index (χ0) is 20.3. The van der Waals surface area contributed by atoms with Gasteiger partial charge < -0.3 is 14.5 Å². The van der Waals surface area contributed by atoms with E-state index in [1.807, 2.05) is 31.1 Å². The summed E-state index contributed by atoms with van der Waals surface area (Å²) in [5.41, 5.74) is 1.34. The van der Waals surface area contributed by atoms with Crippen LogP contribution in [0.1, 0.15) is 43.5 Å². The number of benzene rings is 2. The zero-order valence-electron chi connectivity index (χ0n) is 16.1. The molecule has 3 rings (SSSR count). The molecule has 2 aromatic rings. The monoisotopic (exact) mass is 441 g/mol. The Labute approximate surface area is 176 Å². The Kier molecular flexibility index (Phi) is 7.12. The third-order valence-electron chi connectivity index (χ3n) is 5.15. The van der Waals surface area contributed by atoms with Gasteiger partial charge in [0.2, 0.25) is 0 Å². The maximum Gasteiger partial charge on any atom is 0.264 e. The number of nitrogens with zero attached hydrogens (tertiary/aromatic N) is 1. The molecule has 152 valence electrons. The highest BCUT2D eigenvalue weighted by Gasteiger charge is 2.40. The number of aliphatic hydroxyl groups excluding tert-OH is 1. The molecular formula is C21H26Cl2NO3P. The highest BCUT2D eigenvalue weighted by atomic mass is 35.5. The number of hydrogen-bond donors (Lipinski definition) is 1. The van der Waals surface area contributed by atoms with Crippen LogP contribution in [0.3, 0.4) is 0 Å². The number of halogens is 2. The van der Waals surface area contributed by atoms with Crippen LogP contribution in [0.4, 0.5) is 5.69 Å². The van der Waals surface area contributed by atoms with Gasteiger partial charge in [0.25, 0.3) is 7.37 Å². The van der Waals surface area contributed by atoms with Gasteiger partial charge in [0.1, 0.15) is 0 Å². The Balaban J connectivity index is 2.01. The van der Waals surface area contributed by atoms with E-state index in [2.05, 4.69) is 0 Å². The van der Waals surface area contributed by atoms with Crippen LogP contribution in [0.2, 0.25) is 10.0 Å². The molecule has 0 unspecified atom stereocenters. The molecule has 0 radical (unpaired) electrons. The van der Waals surface area contributed by atoms with Crippen molar-refractivity contribution in [3.8, 4) is 0 Å². The summed E-state index contributed by atoms with van der Waals surface area (Å²) in [6.07, 6.45) is 4.81. The summed E-state index contributed by atoms with van der Waals surface area (Å²) in [6.45, 7) is 0. The van der Waals surface area contributed by atoms with Gasteiger partial charge in [-0.15, -0.1) is 0 Å². The average Bonchev–Trinajstić information content (AvgIpc) is 2.68. The summed E-state index contributed by atoms with van der Waals surface area (Å²) in [5, 5.41) is 12.4. The van der Waals surface area contributed by atoms with E-state index >= 15 is 0 Å². The molecule has 4 nitrogen and oxygen atoms in total. The molecule has 0 amide bonds. The Bertz CT molecular complexity index is 851. The van der Waals surface area contributed by atoms with Crippen molar-refractivity contribution in [1.29, 1.82) is 0 Å². The molecule has 7 heteroatoms. The molecule has 0 aromatic heterocycles. The average molecular weight is 442 g/mol. The van der Waals surface area contributed by atoms with E-state index in [1.165, 1.54) is 0 Å². The van der Waals surface area contributed by atoms with Crippen LogP contribution in [-0.2, 0) is 9.09 Å². The molecule has 0 spiro atoms. The van der Waals surface area contributed by atoms with Crippen molar-refractivity contribution in [3.05, 3.63) is 58.1 Å². The molecule has 0 saturated heterocycles. The predicted molar refractivity (Wildman–Crippen MR) is 117 cm³/mol. The Morgan fingerprint density at radius 3 is 2.29 bits per heavy atom. The highest BCUT2D eigenvalue weighted by Crippen LogP contribution is 2.60. The van der Waals surface area contributed by atoms with Gasteiger partial charge in [0.15, 0.2) is 5.85 Å². The molecule has 1 aliphatic rings. The third kappa shape index (κ3) is 4.75. The highest BCUT2D eigenvalue weighted by molar-refractivity contribution is 7.67. The number of hydrogen-bond acceptors (Lipinski definition) is 4. The molecule has 1 aliphatic carbocycles. The van der Waals surface area contributed by atoms with E-state index in [0.717, 1.165) is 37.8 Å². The van der Waals surface area contributed by atoms with E-state index in [9.17, 15) is 9.67 Å². The molecule has 0 bridgehead atoms. The number of rotatable bonds is 6. The van der Waals surface area contributed by atoms with Crippen LogP contribution in [0.15, 0.2) is 42.5 Å². The smallest absolute Gasteiger partial charge is 0.264 e. The lowest BCUT2D eigenvalue weighted by atomic mass is 9.98. The lowest BCUT2D eigenvalue weighted by Gasteiger charge is -2.31. The van der Waals surface area contributed by atoms with Gasteiger partial charge in [-0.1, -0.05) is 48.5 Å². The topological polar surface area (TPSA) is 49.8 Å². The molecule has 0 aliphatic heterocycles. The van der Waals surface area contributed by atoms with Crippen LogP contribution in [-0.4, -0.2) is 25.3 Å². The molecule has 1 saturated carbocycles. The fraction of sp³-hybridized carbons (Fsp3) is 0.429. The van der Waals surface area contributed by atoms with E-state index in [1.54, 1.807) is 30.3 Å². The van der Waals surface area contributed by atoms with Gasteiger partial charge in [-0.2, -0.15) is 0 Å². The molecule has 0 heterocycles. The van der Waals surface area contributed by atoms with Gasteiger partial charge in [-0.3, -0.25) is 4.57 Å². The second kappa shape index (κ2) is 9.19. The second-order valence-corrected chi connectivity index (χ2v) is 10.7. The van der Waals surface area contributed by atoms with Crippen molar-refractivity contribution in [2.24, 2.45) is 0 Å². The SMILES string of the molecule is CN(C)c1ccc([P@](=O)(OC2CCCCC2)[C@@H](O)c2ccc(Cl)cc2Cl)cc1. The molecule has 1 N–H and O–H groups in total. The van der Waals surface area contributed by atoms with Gasteiger partial charge in [0, 0.05) is 40.7 Å². The third-order valence-corrected chi connectivity index (χ3v) is 8.26. The molecule has 28 heavy (non-hydrogen) atoms. The van der Waals surface area contributed by atoms with Crippen molar-refractivity contribution < 1.29 is 14.2 Å². The zero-order valence-corrected chi connectivity index (χ0v) is 18.6. The fourth-order valence-electron chi connectivity index (χ4n) is 3.50. The Morgan fingerprint density at radius 2 is 1.71 bits per heavy atom. The van der Waals surface area contributed by atoms with Crippen LogP contribution in [0.25, 0.3) is 0 Å². The minimum atomic E-state index is -3.64. The molecular weight excluding hydrogens is 416 g/mol. The van der Waals surface area contributed by atoms with E-state index < -0.39 is 13.2 Å². The maximum absolute atomic E-state index is 14.1. The van der Waals surface area contributed by atoms with Crippen molar-refractivity contribution in [3.63, 3.8) is 0 Å². The first-order chi connectivity index (χ1) is 13.3. The summed E-state index contributed by atoms with van der Waals surface area (Å²) in [6, 6.07) is 12.1. The standard InChI is InChI=1S/C21H26Cl2NO3P/c1-24(2)16-9-11-18(12-10-16)28(26,27-17-6-4-3-5-7-17)21(25)19-13-8-15(22)14-20(19)23/h8-14,17,21,25H,3-7H2,1-2H3/t21-,28+/m1/s1. The maximum atomic E-state index is 14.1. The lowest BCUT2D eigenvalue weighted by Crippen LogP contribution is -2.22. The molecule has 2 aromatic carbocycles. The largest absolute Gasteiger partial charge is 0.378 e. The van der Waals surface area contributed by atoms with Crippen LogP contribution in [0.5, 0.6) is 0 Å². The van der Waals surface area contributed by atoms with E-state index in [-0.39, 0.29) is 11.1 Å². The van der Waals surface area contributed by atoms with E-state index in [0.29, 0.717) is 15.9 Å². The van der Waals surface area contributed by atoms with Crippen molar-refractivity contribution in [2.75, 3.05) is 19.0 Å². The summed E-state index contributed by atoms with van der Waals surface area (Å²) < 4.78 is 20.3. The second-order valence-electron chi connectivity index (χ2n) is 7.41. The Morgan fingerprint density at radius 1 is 1.07 bits per heavy atom. The van der Waals surface area contributed by atoms with E-state index in [4.69, 9.17) is 27.7 Å². The first kappa shape index (κ1) is 21.7. The normalized spacial score (nSPS) is 18.5. The van der Waals surface area contributed by atoms with Crippen molar-refractivity contribution in [1.82, 2.24) is 0 Å². The quantitative estimate of drug-likeness (QED) is 0.558. The van der Waals surface area contributed by atoms with Crippen LogP contribution < -0.4 is 10.2 Å². The molecule has 2 atom stereocenters. The predicted octanol–water partition coefficient (Wildman–Crippen LogP) is 6.00. The lowest BCUT2D eigenvalue weighted by molar-refractivity contribution is 0.137. The van der Waals surface area contributed by atoms with Gasteiger partial charge in [0.05, 0.1) is 6.10 Å². The summed E-state index contributed by atoms with van der Waals surface area (Å²) in [7, 11) is 0.244. The summed E-state index contributed by atoms with van der Waals surface area (Å²) >= 11 is 12.3. The first-order valence-corrected chi connectivity index (χ1v) is 12.0. The van der Waals surface area contributed by atoms with Gasteiger partial charge in [-0.25, -0.2) is 0 Å². The minimum Gasteiger partial charge on any atom is -0.378 e. The Hall–Kier alpha value is -1.03. The van der Waals surface area contributed by atoms with Crippen LogP contribution >= 0.6 is 30.6 Å². The number of anilines is 1. The summed E-state index contributed by atoms with van der Waals surface area (Å²) in [4.78, 5) is 1.96. The summed E-state index contributed by atoms with van der Waals surface area (Å²) in [5.74, 6) is -1.36. The van der Waals surface area contributed by atoms with Crippen molar-refractivity contribution >= 4 is 41.6 Å². The fourth-order valence-corrected chi connectivity index (χ4v) is 6.42. The first-order valence-electron chi connectivity index (χ1n) is 9.50. The van der Waals surface area contributed by atoms with Gasteiger partial charge in [-0.05, 0) is 49.2 Å². The van der Waals surface area contributed by atoms with Crippen molar-refractivity contribution in [2.45, 2.75) is 44.1 Å². The number of aliphatic hydroxyl groups is 1. The van der Waals surface area contributed by atoms with Gasteiger partial charge >= 0.3 is 0 Å². The van der Waals surface area contributed by atoms with Crippen LogP contribution in [0, 0.1) is 0 Å². The molecule has 1 fully saturated rings.